The number of hydrogen-bond donors (Lipinski definition) is 0. The summed E-state index contributed by atoms with van der Waals surface area (Å²) in [4.78, 5) is 0. The molecule has 0 amide bonds. The van der Waals surface area contributed by atoms with E-state index in [-0.39, 0.29) is 55.1 Å². The molecular weight excluding hydrogens is 131 g/mol. The van der Waals surface area contributed by atoms with Crippen LogP contribution in [0, 0.1) is 13.5 Å². The van der Waals surface area contributed by atoms with Crippen LogP contribution in [0.5, 0.6) is 5.75 Å². The van der Waals surface area contributed by atoms with Crippen molar-refractivity contribution in [1.82, 2.24) is 0 Å². The van der Waals surface area contributed by atoms with Gasteiger partial charge in [0.2, 0.25) is 0 Å². The Morgan fingerprint density at radius 1 is 1.20 bits per heavy atom. The van der Waals surface area contributed by atoms with Crippen LogP contribution in [0.2, 0.25) is 0 Å². The molecule has 0 N–H and O–H groups in total. The summed E-state index contributed by atoms with van der Waals surface area (Å²) in [6, 6.07) is 8.88. The second-order valence-corrected chi connectivity index (χ2v) is 1.24. The van der Waals surface area contributed by atoms with E-state index >= 15 is 0 Å². The Morgan fingerprint density at radius 3 is 1.80 bits per heavy atom. The molecule has 1 aromatic rings. The summed E-state index contributed by atoms with van der Waals surface area (Å²) in [5.41, 5.74) is 0. The SMILES string of the molecule is [CH3-].[Li+].[Mg+2].[O-]c1cc[c-]cc1. The predicted octanol–water partition coefficient (Wildman–Crippen LogP) is -2.37. The van der Waals surface area contributed by atoms with Gasteiger partial charge < -0.3 is 12.5 Å². The molecular formula is C7H7LiMgO. The van der Waals surface area contributed by atoms with E-state index in [1.54, 1.807) is 12.1 Å². The Labute approximate surface area is 90.2 Å². The summed E-state index contributed by atoms with van der Waals surface area (Å²) in [5.74, 6) is 0.0405. The van der Waals surface area contributed by atoms with Crippen molar-refractivity contribution in [3.63, 3.8) is 0 Å². The Bertz CT molecular complexity index is 144. The van der Waals surface area contributed by atoms with E-state index in [1.165, 1.54) is 12.1 Å². The zero-order chi connectivity index (χ0) is 5.11. The molecule has 0 radical (unpaired) electrons. The van der Waals surface area contributed by atoms with Crippen molar-refractivity contribution in [2.75, 3.05) is 0 Å². The molecule has 0 unspecified atom stereocenters. The first-order valence-electron chi connectivity index (χ1n) is 2.03. The van der Waals surface area contributed by atoms with E-state index < -0.39 is 0 Å². The molecule has 0 aliphatic rings. The molecule has 0 saturated heterocycles. The number of benzene rings is 1. The molecule has 10 heavy (non-hydrogen) atoms. The molecule has 0 aliphatic heterocycles. The molecule has 0 atom stereocenters. The predicted molar refractivity (Wildman–Crippen MR) is 36.9 cm³/mol. The minimum atomic E-state index is 0. The summed E-state index contributed by atoms with van der Waals surface area (Å²) < 4.78 is 0. The van der Waals surface area contributed by atoms with E-state index in [9.17, 15) is 5.11 Å². The molecule has 0 fully saturated rings. The monoisotopic (exact) mass is 138 g/mol. The Kier molecular flexibility index (Phi) is 15.7. The van der Waals surface area contributed by atoms with Gasteiger partial charge in [-0.15, -0.1) is 0 Å². The third-order valence-electron chi connectivity index (χ3n) is 0.688. The first-order chi connectivity index (χ1) is 3.39. The smallest absolute Gasteiger partial charge is 0.891 e. The van der Waals surface area contributed by atoms with Gasteiger partial charge in [-0.05, 0) is 0 Å². The summed E-state index contributed by atoms with van der Waals surface area (Å²) in [6.07, 6.45) is 0. The molecule has 0 spiro atoms. The normalized spacial score (nSPS) is 6.00. The Hall–Kier alpha value is 0.384. The van der Waals surface area contributed by atoms with Crippen molar-refractivity contribution in [2.45, 2.75) is 0 Å². The molecule has 0 bridgehead atoms. The first-order valence-corrected chi connectivity index (χ1v) is 2.03. The Balaban J connectivity index is -0.000000163. The molecule has 3 heteroatoms. The molecule has 0 aliphatic carbocycles. The summed E-state index contributed by atoms with van der Waals surface area (Å²) in [7, 11) is 0. The fourth-order valence-corrected chi connectivity index (χ4v) is 0.372. The molecule has 1 rings (SSSR count). The van der Waals surface area contributed by atoms with E-state index in [4.69, 9.17) is 0 Å². The maximum Gasteiger partial charge on any atom is 2.00 e. The first kappa shape index (κ1) is 16.8. The van der Waals surface area contributed by atoms with Gasteiger partial charge in [-0.25, -0.2) is 5.75 Å². The number of hydrogen-bond acceptors (Lipinski definition) is 1. The third kappa shape index (κ3) is 6.50. The van der Waals surface area contributed by atoms with Crippen molar-refractivity contribution >= 4 is 23.1 Å². The molecule has 0 heterocycles. The molecule has 44 valence electrons. The van der Waals surface area contributed by atoms with E-state index in [2.05, 4.69) is 6.07 Å². The fraction of sp³-hybridized carbons (Fsp3) is 0. The summed E-state index contributed by atoms with van der Waals surface area (Å²) in [6.45, 7) is 0. The van der Waals surface area contributed by atoms with E-state index in [1.807, 2.05) is 0 Å². The number of rotatable bonds is 0. The van der Waals surface area contributed by atoms with Crippen molar-refractivity contribution in [2.24, 2.45) is 0 Å². The van der Waals surface area contributed by atoms with Crippen molar-refractivity contribution < 1.29 is 24.0 Å². The van der Waals surface area contributed by atoms with Gasteiger partial charge in [0.15, 0.2) is 0 Å². The van der Waals surface area contributed by atoms with Gasteiger partial charge in [0, 0.05) is 0 Å². The molecule has 0 saturated carbocycles. The standard InChI is InChI=1S/C6H5O.CH3.Li.Mg/c7-6-4-2-1-3-5-6;;;/h2-5,7H;1H3;;/q2*-1;+1;+2/p-1. The topological polar surface area (TPSA) is 23.1 Å². The summed E-state index contributed by atoms with van der Waals surface area (Å²) in [5, 5.41) is 10.2. The Morgan fingerprint density at radius 2 is 1.60 bits per heavy atom. The van der Waals surface area contributed by atoms with Gasteiger partial charge in [0.05, 0.1) is 0 Å². The van der Waals surface area contributed by atoms with Crippen LogP contribution in [0.1, 0.15) is 0 Å². The average Bonchev–Trinajstić information content (AvgIpc) is 1.69. The van der Waals surface area contributed by atoms with Crippen LogP contribution in [0.4, 0.5) is 0 Å². The minimum Gasteiger partial charge on any atom is -0.891 e. The van der Waals surface area contributed by atoms with E-state index in [0.29, 0.717) is 0 Å². The van der Waals surface area contributed by atoms with Crippen LogP contribution in [-0.4, -0.2) is 23.1 Å². The zero-order valence-corrected chi connectivity index (χ0v) is 7.84. The van der Waals surface area contributed by atoms with Gasteiger partial charge in [0.1, 0.15) is 0 Å². The van der Waals surface area contributed by atoms with Crippen LogP contribution >= 0.6 is 0 Å². The van der Waals surface area contributed by atoms with Crippen LogP contribution in [0.3, 0.4) is 0 Å². The molecule has 0 aromatic heterocycles. The quantitative estimate of drug-likeness (QED) is 0.290. The van der Waals surface area contributed by atoms with Crippen molar-refractivity contribution in [3.05, 3.63) is 37.8 Å². The maximum absolute atomic E-state index is 10.2. The second kappa shape index (κ2) is 9.38. The van der Waals surface area contributed by atoms with E-state index in [0.717, 1.165) is 0 Å². The van der Waals surface area contributed by atoms with Gasteiger partial charge >= 0.3 is 41.9 Å². The summed E-state index contributed by atoms with van der Waals surface area (Å²) >= 11 is 0. The second-order valence-electron chi connectivity index (χ2n) is 1.24. The van der Waals surface area contributed by atoms with Crippen molar-refractivity contribution in [3.8, 4) is 5.75 Å². The van der Waals surface area contributed by atoms with Gasteiger partial charge in [-0.2, -0.15) is 30.3 Å². The minimum absolute atomic E-state index is 0. The fourth-order valence-electron chi connectivity index (χ4n) is 0.372. The zero-order valence-electron chi connectivity index (χ0n) is 6.42. The largest absolute Gasteiger partial charge is 2.00 e. The molecule has 1 nitrogen and oxygen atoms in total. The van der Waals surface area contributed by atoms with Crippen molar-refractivity contribution in [1.29, 1.82) is 0 Å². The third-order valence-corrected chi connectivity index (χ3v) is 0.688. The van der Waals surface area contributed by atoms with Crippen LogP contribution in [0.25, 0.3) is 0 Å². The van der Waals surface area contributed by atoms with Crippen LogP contribution < -0.4 is 24.0 Å². The average molecular weight is 138 g/mol. The maximum atomic E-state index is 10.2. The molecule has 1 aromatic carbocycles. The van der Waals surface area contributed by atoms with Crippen LogP contribution in [0.15, 0.2) is 24.3 Å². The van der Waals surface area contributed by atoms with Crippen LogP contribution in [-0.2, 0) is 0 Å². The van der Waals surface area contributed by atoms with Gasteiger partial charge in [-0.3, -0.25) is 0 Å². The van der Waals surface area contributed by atoms with Gasteiger partial charge in [0.25, 0.3) is 0 Å². The van der Waals surface area contributed by atoms with Gasteiger partial charge in [-0.1, -0.05) is 0 Å².